The van der Waals surface area contributed by atoms with Crippen LogP contribution in [0, 0.1) is 25.7 Å². The van der Waals surface area contributed by atoms with Gasteiger partial charge in [0, 0.05) is 38.0 Å². The zero-order valence-corrected chi connectivity index (χ0v) is 40.6. The monoisotopic (exact) mass is 901 g/mol. The van der Waals surface area contributed by atoms with Gasteiger partial charge in [-0.3, -0.25) is 18.6 Å². The Kier molecular flexibility index (Phi) is 28.0. The first-order valence-electron chi connectivity index (χ1n) is 24.0. The average Bonchev–Trinajstić information content (AvgIpc) is 3.63. The molecule has 7 atom stereocenters. The molecule has 0 bridgehead atoms. The average molecular weight is 901 g/mol. The molecule has 0 amide bonds. The number of phosphoric ester groups is 1. The van der Waals surface area contributed by atoms with Gasteiger partial charge in [0.25, 0.3) is 0 Å². The molecule has 0 aromatic carbocycles. The van der Waals surface area contributed by atoms with E-state index in [0.717, 1.165) is 108 Å². The van der Waals surface area contributed by atoms with E-state index in [-0.39, 0.29) is 37.9 Å². The number of unbranched alkanes of at least 4 members (excludes halogenated alkanes) is 12. The van der Waals surface area contributed by atoms with Crippen molar-refractivity contribution in [3.8, 4) is 0 Å². The summed E-state index contributed by atoms with van der Waals surface area (Å²) in [5, 5.41) is 31.5. The fourth-order valence-corrected chi connectivity index (χ4v) is 8.78. The molecule has 0 radical (unpaired) electrons. The molecule has 1 heterocycles. The minimum atomic E-state index is -4.45. The standard InChI is InChI=1S/C48H86NO12P/c1-8-10-19-25-39(50)30-31-42-41(43(51)34-44(42)52)26-20-17-18-23-29-48(54)60-40(36-59-62(55,56)58-33-32-49(5,6)7)35-57-47(53)28-22-16-14-12-11-13-15-21-27-46-38(4)37(3)45(61-46)24-9-2/h30-31,39-44,50-52H,8-29,32-36H2,1-7H3/p+1/b31-30+/t39-,40+,41+,42+,43-,44+/m0/s1. The predicted octanol–water partition coefficient (Wildman–Crippen LogP) is 9.39. The van der Waals surface area contributed by atoms with Crippen LogP contribution in [0.25, 0.3) is 0 Å². The Bertz CT molecular complexity index is 1460. The van der Waals surface area contributed by atoms with E-state index in [4.69, 9.17) is 22.9 Å². The molecule has 13 nitrogen and oxygen atoms in total. The number of hydrogen-bond donors (Lipinski definition) is 4. The fourth-order valence-electron chi connectivity index (χ4n) is 8.04. The fraction of sp³-hybridized carbons (Fsp3) is 0.833. The van der Waals surface area contributed by atoms with Crippen LogP contribution in [0.5, 0.6) is 0 Å². The lowest BCUT2D eigenvalue weighted by Crippen LogP contribution is -2.37. The molecule has 1 saturated carbocycles. The van der Waals surface area contributed by atoms with Crippen molar-refractivity contribution in [3.05, 3.63) is 34.8 Å². The van der Waals surface area contributed by atoms with Crippen LogP contribution < -0.4 is 0 Å². The molecule has 1 aliphatic rings. The van der Waals surface area contributed by atoms with Crippen LogP contribution in [0.3, 0.4) is 0 Å². The Labute approximate surface area is 374 Å². The van der Waals surface area contributed by atoms with E-state index < -0.39 is 50.8 Å². The third kappa shape index (κ3) is 24.3. The molecule has 1 fully saturated rings. The van der Waals surface area contributed by atoms with Crippen molar-refractivity contribution < 1.29 is 61.8 Å². The summed E-state index contributed by atoms with van der Waals surface area (Å²) in [5.41, 5.74) is 2.61. The summed E-state index contributed by atoms with van der Waals surface area (Å²) in [6.45, 7) is 8.30. The van der Waals surface area contributed by atoms with Crippen molar-refractivity contribution in [2.75, 3.05) is 47.5 Å². The van der Waals surface area contributed by atoms with E-state index >= 15 is 0 Å². The van der Waals surface area contributed by atoms with Gasteiger partial charge in [-0.2, -0.15) is 0 Å². The van der Waals surface area contributed by atoms with E-state index in [1.54, 1.807) is 6.08 Å². The number of hydrogen-bond acceptors (Lipinski definition) is 11. The third-order valence-corrected chi connectivity index (χ3v) is 13.1. The van der Waals surface area contributed by atoms with Crippen molar-refractivity contribution in [1.82, 2.24) is 0 Å². The first-order valence-corrected chi connectivity index (χ1v) is 25.5. The zero-order valence-electron chi connectivity index (χ0n) is 39.7. The van der Waals surface area contributed by atoms with Crippen molar-refractivity contribution in [1.29, 1.82) is 0 Å². The van der Waals surface area contributed by atoms with Gasteiger partial charge in [0.1, 0.15) is 31.3 Å². The van der Waals surface area contributed by atoms with Crippen LogP contribution in [-0.4, -0.2) is 109 Å². The van der Waals surface area contributed by atoms with E-state index in [9.17, 15) is 34.4 Å². The number of carbonyl (C=O) groups excluding carboxylic acids is 2. The smallest absolute Gasteiger partial charge is 0.466 e. The highest BCUT2D eigenvalue weighted by molar-refractivity contribution is 7.47. The molecule has 1 unspecified atom stereocenters. The number of rotatable bonds is 36. The van der Waals surface area contributed by atoms with Crippen molar-refractivity contribution >= 4 is 19.8 Å². The molecule has 62 heavy (non-hydrogen) atoms. The second-order valence-electron chi connectivity index (χ2n) is 18.7. The molecule has 1 aromatic heterocycles. The Balaban J connectivity index is 1.72. The first kappa shape index (κ1) is 56.0. The minimum Gasteiger partial charge on any atom is -0.466 e. The second-order valence-corrected chi connectivity index (χ2v) is 20.1. The van der Waals surface area contributed by atoms with Gasteiger partial charge in [-0.25, -0.2) is 4.57 Å². The van der Waals surface area contributed by atoms with Gasteiger partial charge in [-0.1, -0.05) is 103 Å². The Morgan fingerprint density at radius 1 is 0.774 bits per heavy atom. The quantitative estimate of drug-likeness (QED) is 0.0165. The van der Waals surface area contributed by atoms with Crippen LogP contribution in [0.4, 0.5) is 0 Å². The normalized spacial score (nSPS) is 20.1. The number of furan rings is 1. The Morgan fingerprint density at radius 3 is 2.00 bits per heavy atom. The molecular formula is C48H87NO12P+. The highest BCUT2D eigenvalue weighted by Crippen LogP contribution is 2.43. The molecule has 1 aromatic rings. The van der Waals surface area contributed by atoms with Gasteiger partial charge in [-0.05, 0) is 69.4 Å². The molecule has 360 valence electrons. The number of carbonyl (C=O) groups is 2. The Hall–Kier alpha value is -2.09. The molecular weight excluding hydrogens is 813 g/mol. The van der Waals surface area contributed by atoms with Gasteiger partial charge >= 0.3 is 19.8 Å². The van der Waals surface area contributed by atoms with Crippen molar-refractivity contribution in [3.63, 3.8) is 0 Å². The van der Waals surface area contributed by atoms with Gasteiger partial charge < -0.3 is 38.6 Å². The van der Waals surface area contributed by atoms with E-state index in [1.165, 1.54) is 24.0 Å². The predicted molar refractivity (Wildman–Crippen MR) is 244 cm³/mol. The number of ether oxygens (including phenoxy) is 2. The summed E-state index contributed by atoms with van der Waals surface area (Å²) in [5.74, 6) is 1.02. The maximum absolute atomic E-state index is 12.9. The van der Waals surface area contributed by atoms with Crippen LogP contribution in [-0.2, 0) is 45.5 Å². The number of likely N-dealkylation sites (N-methyl/N-ethyl adjacent to an activating group) is 1. The van der Waals surface area contributed by atoms with Crippen LogP contribution in [0.15, 0.2) is 16.6 Å². The lowest BCUT2D eigenvalue weighted by molar-refractivity contribution is -0.870. The summed E-state index contributed by atoms with van der Waals surface area (Å²) >= 11 is 0. The van der Waals surface area contributed by atoms with Gasteiger partial charge in [0.05, 0.1) is 46.1 Å². The molecule has 0 aliphatic heterocycles. The van der Waals surface area contributed by atoms with Crippen LogP contribution in [0.1, 0.15) is 171 Å². The van der Waals surface area contributed by atoms with Crippen LogP contribution >= 0.6 is 7.82 Å². The number of phosphoric acid groups is 1. The third-order valence-electron chi connectivity index (χ3n) is 12.1. The number of aryl methyl sites for hydroxylation is 2. The molecule has 0 saturated heterocycles. The number of nitrogens with zero attached hydrogens (tertiary/aromatic N) is 1. The maximum Gasteiger partial charge on any atom is 0.472 e. The lowest BCUT2D eigenvalue weighted by atomic mass is 9.88. The maximum atomic E-state index is 12.9. The summed E-state index contributed by atoms with van der Waals surface area (Å²) in [6.07, 6.45) is 20.3. The zero-order chi connectivity index (χ0) is 46.0. The largest absolute Gasteiger partial charge is 0.472 e. The highest BCUT2D eigenvalue weighted by Gasteiger charge is 2.39. The SMILES string of the molecule is CCCCC[C@H](O)/C=C/[C@@H]1[C@@H](CCCCCCC(=O)O[C@H](COC(=O)CCCCCCCCCCc2oc(CCC)c(C)c2C)COP(=O)(O)OCC[N+](C)(C)C)[C@@H](O)C[C@H]1O. The number of quaternary nitrogens is 1. The topological polar surface area (TPSA) is 182 Å². The van der Waals surface area contributed by atoms with Crippen molar-refractivity contribution in [2.45, 2.75) is 200 Å². The first-order chi connectivity index (χ1) is 29.5. The summed E-state index contributed by atoms with van der Waals surface area (Å²) in [7, 11) is 1.33. The van der Waals surface area contributed by atoms with Gasteiger partial charge in [0.2, 0.25) is 0 Å². The number of aliphatic hydroxyl groups is 3. The summed E-state index contributed by atoms with van der Waals surface area (Å²) in [4.78, 5) is 35.8. The highest BCUT2D eigenvalue weighted by atomic mass is 31.2. The minimum absolute atomic E-state index is 0.0122. The molecule has 1 aliphatic carbocycles. The number of esters is 2. The summed E-state index contributed by atoms with van der Waals surface area (Å²) in [6, 6.07) is 0. The van der Waals surface area contributed by atoms with Crippen molar-refractivity contribution in [2.24, 2.45) is 11.8 Å². The molecule has 0 spiro atoms. The van der Waals surface area contributed by atoms with Gasteiger partial charge in [0.15, 0.2) is 6.10 Å². The second kappa shape index (κ2) is 30.9. The lowest BCUT2D eigenvalue weighted by Gasteiger charge is -2.24. The van der Waals surface area contributed by atoms with E-state index in [1.807, 2.05) is 27.2 Å². The van der Waals surface area contributed by atoms with Gasteiger partial charge in [-0.15, -0.1) is 0 Å². The molecule has 2 rings (SSSR count). The van der Waals surface area contributed by atoms with E-state index in [0.29, 0.717) is 36.7 Å². The molecule has 4 N–H and O–H groups in total. The molecule has 14 heteroatoms. The van der Waals surface area contributed by atoms with E-state index in [2.05, 4.69) is 27.7 Å². The summed E-state index contributed by atoms with van der Waals surface area (Å²) < 4.78 is 40.5. The Morgan fingerprint density at radius 2 is 1.37 bits per heavy atom. The van der Waals surface area contributed by atoms with Crippen LogP contribution in [0.2, 0.25) is 0 Å². The number of aliphatic hydroxyl groups excluding tert-OH is 3.